The maximum absolute atomic E-state index is 13.1. The van der Waals surface area contributed by atoms with E-state index in [9.17, 15) is 18.0 Å². The van der Waals surface area contributed by atoms with Crippen molar-refractivity contribution in [3.63, 3.8) is 0 Å². The predicted molar refractivity (Wildman–Crippen MR) is 89.5 cm³/mol. The Hall–Kier alpha value is -2.74. The molecule has 1 N–H and O–H groups in total. The van der Waals surface area contributed by atoms with Crippen LogP contribution < -0.4 is 5.32 Å². The summed E-state index contributed by atoms with van der Waals surface area (Å²) in [7, 11) is 0. The van der Waals surface area contributed by atoms with E-state index in [1.54, 1.807) is 18.3 Å². The monoisotopic (exact) mass is 363 g/mol. The number of carbonyl (C=O) groups excluding carboxylic acids is 1. The van der Waals surface area contributed by atoms with Gasteiger partial charge in [0.2, 0.25) is 0 Å². The van der Waals surface area contributed by atoms with Crippen molar-refractivity contribution in [1.29, 1.82) is 0 Å². The lowest BCUT2D eigenvalue weighted by Crippen LogP contribution is -2.20. The number of pyridine rings is 2. The van der Waals surface area contributed by atoms with Crippen molar-refractivity contribution in [2.24, 2.45) is 0 Å². The largest absolute Gasteiger partial charge is 0.418 e. The summed E-state index contributed by atoms with van der Waals surface area (Å²) in [6.07, 6.45) is -1.96. The molecule has 8 heteroatoms. The second-order valence-corrected chi connectivity index (χ2v) is 6.45. The number of hydrogen-bond acceptors (Lipinski definition) is 4. The molecule has 0 bridgehead atoms. The number of anilines is 1. The van der Waals surface area contributed by atoms with Crippen LogP contribution in [-0.4, -0.2) is 15.9 Å². The molecule has 0 aliphatic rings. The molecular formula is C17H12F3N3OS. The van der Waals surface area contributed by atoms with Gasteiger partial charge in [0, 0.05) is 17.3 Å². The van der Waals surface area contributed by atoms with Gasteiger partial charge in [-0.2, -0.15) is 13.2 Å². The van der Waals surface area contributed by atoms with Gasteiger partial charge in [0.15, 0.2) is 0 Å². The number of aromatic nitrogens is 2. The van der Waals surface area contributed by atoms with Crippen molar-refractivity contribution in [3.05, 3.63) is 64.9 Å². The number of hydrogen-bond donors (Lipinski definition) is 1. The molecule has 0 spiro atoms. The number of alkyl halides is 3. The summed E-state index contributed by atoms with van der Waals surface area (Å²) in [5, 5.41) is 2.49. The van der Waals surface area contributed by atoms with Gasteiger partial charge in [-0.1, -0.05) is 0 Å². The van der Waals surface area contributed by atoms with E-state index in [2.05, 4.69) is 15.3 Å². The Bertz CT molecular complexity index is 921. The van der Waals surface area contributed by atoms with Crippen molar-refractivity contribution in [3.8, 4) is 10.6 Å². The van der Waals surface area contributed by atoms with Crippen LogP contribution >= 0.6 is 11.3 Å². The van der Waals surface area contributed by atoms with Crippen LogP contribution in [0.1, 0.15) is 20.9 Å². The Morgan fingerprint density at radius 2 is 1.80 bits per heavy atom. The van der Waals surface area contributed by atoms with Crippen LogP contribution in [0.25, 0.3) is 10.6 Å². The van der Waals surface area contributed by atoms with Gasteiger partial charge >= 0.3 is 6.18 Å². The molecule has 3 aromatic heterocycles. The standard InChI is InChI=1S/C17H12F3N3OS/c1-10-6-7-13(25-10)15-12(5-3-9-22-15)23-16(24)14-11(17(18,19)20)4-2-8-21-14/h2-9H,1H3,(H,23,24). The molecular weight excluding hydrogens is 351 g/mol. The number of thiophene rings is 1. The Kier molecular flexibility index (Phi) is 4.54. The molecule has 0 saturated carbocycles. The second-order valence-electron chi connectivity index (χ2n) is 5.16. The van der Waals surface area contributed by atoms with Gasteiger partial charge in [0.1, 0.15) is 11.4 Å². The summed E-state index contributed by atoms with van der Waals surface area (Å²) < 4.78 is 39.2. The van der Waals surface area contributed by atoms with Crippen LogP contribution in [0.15, 0.2) is 48.8 Å². The van der Waals surface area contributed by atoms with E-state index in [0.717, 1.165) is 28.1 Å². The van der Waals surface area contributed by atoms with Gasteiger partial charge in [0.05, 0.1) is 16.1 Å². The Morgan fingerprint density at radius 1 is 1.08 bits per heavy atom. The summed E-state index contributed by atoms with van der Waals surface area (Å²) in [4.78, 5) is 22.1. The summed E-state index contributed by atoms with van der Waals surface area (Å²) in [6.45, 7) is 1.93. The SMILES string of the molecule is Cc1ccc(-c2ncccc2NC(=O)c2ncccc2C(F)(F)F)s1. The molecule has 0 aromatic carbocycles. The van der Waals surface area contributed by atoms with Gasteiger partial charge < -0.3 is 5.32 Å². The molecule has 0 saturated heterocycles. The first-order valence-electron chi connectivity index (χ1n) is 7.21. The van der Waals surface area contributed by atoms with Crippen LogP contribution in [0.3, 0.4) is 0 Å². The van der Waals surface area contributed by atoms with E-state index in [1.807, 2.05) is 19.1 Å². The lowest BCUT2D eigenvalue weighted by atomic mass is 10.1. The molecule has 0 aliphatic heterocycles. The van der Waals surface area contributed by atoms with Crippen LogP contribution in [0.2, 0.25) is 0 Å². The van der Waals surface area contributed by atoms with Gasteiger partial charge in [-0.05, 0) is 43.3 Å². The summed E-state index contributed by atoms with van der Waals surface area (Å²) in [6, 6.07) is 8.91. The zero-order chi connectivity index (χ0) is 18.0. The van der Waals surface area contributed by atoms with Crippen molar-refractivity contribution in [2.75, 3.05) is 5.32 Å². The smallest absolute Gasteiger partial charge is 0.319 e. The number of nitrogens with zero attached hydrogens (tertiary/aromatic N) is 2. The van der Waals surface area contributed by atoms with E-state index in [0.29, 0.717) is 11.4 Å². The second kappa shape index (κ2) is 6.64. The summed E-state index contributed by atoms with van der Waals surface area (Å²) in [5.74, 6) is -0.935. The molecule has 128 valence electrons. The molecule has 3 rings (SSSR count). The highest BCUT2D eigenvalue weighted by atomic mass is 32.1. The third-order valence-electron chi connectivity index (χ3n) is 3.36. The minimum absolute atomic E-state index is 0.327. The van der Waals surface area contributed by atoms with Crippen LogP contribution in [0.5, 0.6) is 0 Å². The highest BCUT2D eigenvalue weighted by Gasteiger charge is 2.36. The van der Waals surface area contributed by atoms with E-state index in [1.165, 1.54) is 11.3 Å². The third-order valence-corrected chi connectivity index (χ3v) is 4.37. The van der Waals surface area contributed by atoms with Gasteiger partial charge in [-0.3, -0.25) is 14.8 Å². The van der Waals surface area contributed by atoms with Crippen molar-refractivity contribution in [2.45, 2.75) is 13.1 Å². The lowest BCUT2D eigenvalue weighted by Gasteiger charge is -2.13. The normalized spacial score (nSPS) is 11.4. The highest BCUT2D eigenvalue weighted by molar-refractivity contribution is 7.15. The van der Waals surface area contributed by atoms with E-state index >= 15 is 0 Å². The average Bonchev–Trinajstić information content (AvgIpc) is 3.01. The minimum Gasteiger partial charge on any atom is -0.319 e. The van der Waals surface area contributed by atoms with Gasteiger partial charge in [-0.15, -0.1) is 11.3 Å². The summed E-state index contributed by atoms with van der Waals surface area (Å²) in [5.41, 5.74) is -0.927. The lowest BCUT2D eigenvalue weighted by molar-refractivity contribution is -0.138. The average molecular weight is 363 g/mol. The van der Waals surface area contributed by atoms with Crippen LogP contribution in [0, 0.1) is 6.92 Å². The fraction of sp³-hybridized carbons (Fsp3) is 0.118. The fourth-order valence-corrected chi connectivity index (χ4v) is 3.14. The molecule has 0 radical (unpaired) electrons. The quantitative estimate of drug-likeness (QED) is 0.728. The minimum atomic E-state index is -4.66. The number of aryl methyl sites for hydroxylation is 1. The third kappa shape index (κ3) is 3.69. The first kappa shape index (κ1) is 17.1. The van der Waals surface area contributed by atoms with E-state index < -0.39 is 23.3 Å². The van der Waals surface area contributed by atoms with Gasteiger partial charge in [-0.25, -0.2) is 0 Å². The molecule has 3 aromatic rings. The Morgan fingerprint density at radius 3 is 2.48 bits per heavy atom. The number of amides is 1. The molecule has 1 amide bonds. The summed E-state index contributed by atoms with van der Waals surface area (Å²) >= 11 is 1.48. The first-order valence-corrected chi connectivity index (χ1v) is 8.03. The van der Waals surface area contributed by atoms with E-state index in [-0.39, 0.29) is 0 Å². The maximum atomic E-state index is 13.1. The number of halogens is 3. The Balaban J connectivity index is 1.96. The molecule has 4 nitrogen and oxygen atoms in total. The maximum Gasteiger partial charge on any atom is 0.418 e. The van der Waals surface area contributed by atoms with Gasteiger partial charge in [0.25, 0.3) is 5.91 Å². The molecule has 25 heavy (non-hydrogen) atoms. The molecule has 0 fully saturated rings. The number of rotatable bonds is 3. The van der Waals surface area contributed by atoms with Crippen LogP contribution in [-0.2, 0) is 6.18 Å². The van der Waals surface area contributed by atoms with Crippen LogP contribution in [0.4, 0.5) is 18.9 Å². The Labute approximate surface area is 145 Å². The number of carbonyl (C=O) groups is 1. The molecule has 0 aliphatic carbocycles. The first-order chi connectivity index (χ1) is 11.9. The van der Waals surface area contributed by atoms with Crippen molar-refractivity contribution in [1.82, 2.24) is 9.97 Å². The molecule has 0 atom stereocenters. The van der Waals surface area contributed by atoms with Crippen molar-refractivity contribution >= 4 is 22.9 Å². The predicted octanol–water partition coefficient (Wildman–Crippen LogP) is 4.78. The number of nitrogens with one attached hydrogen (secondary N) is 1. The van der Waals surface area contributed by atoms with E-state index in [4.69, 9.17) is 0 Å². The molecule has 3 heterocycles. The molecule has 0 unspecified atom stereocenters. The topological polar surface area (TPSA) is 54.9 Å². The van der Waals surface area contributed by atoms with Crippen molar-refractivity contribution < 1.29 is 18.0 Å². The zero-order valence-electron chi connectivity index (χ0n) is 13.0. The fourth-order valence-electron chi connectivity index (χ4n) is 2.26. The highest BCUT2D eigenvalue weighted by Crippen LogP contribution is 2.33. The zero-order valence-corrected chi connectivity index (χ0v) is 13.8.